The first kappa shape index (κ1) is 30.8. The third-order valence-electron chi connectivity index (χ3n) is 6.44. The highest BCUT2D eigenvalue weighted by atomic mass is 16.4. The van der Waals surface area contributed by atoms with Gasteiger partial charge < -0.3 is 42.0 Å². The predicted octanol–water partition coefficient (Wildman–Crippen LogP) is -0.323. The molecule has 0 spiro atoms. The number of aliphatic hydroxyl groups is 1. The number of hydrogen-bond donors (Lipinski definition) is 8. The average Bonchev–Trinajstić information content (AvgIpc) is 3.36. The van der Waals surface area contributed by atoms with Gasteiger partial charge in [0, 0.05) is 29.9 Å². The van der Waals surface area contributed by atoms with Crippen LogP contribution in [0, 0.1) is 0 Å². The van der Waals surface area contributed by atoms with Gasteiger partial charge in [0.2, 0.25) is 17.7 Å². The summed E-state index contributed by atoms with van der Waals surface area (Å²) in [5, 5.41) is 36.3. The van der Waals surface area contributed by atoms with Crippen molar-refractivity contribution in [2.75, 3.05) is 6.61 Å². The molecule has 0 radical (unpaired) electrons. The number of aromatic amines is 1. The Morgan fingerprint density at radius 2 is 1.39 bits per heavy atom. The van der Waals surface area contributed by atoms with Crippen LogP contribution in [0.25, 0.3) is 10.9 Å². The maximum absolute atomic E-state index is 13.0. The molecule has 0 saturated heterocycles. The second kappa shape index (κ2) is 14.6. The Bertz CT molecular complexity index is 1380. The highest BCUT2D eigenvalue weighted by Crippen LogP contribution is 2.19. The third kappa shape index (κ3) is 8.88. The predicted molar refractivity (Wildman–Crippen MR) is 148 cm³/mol. The van der Waals surface area contributed by atoms with Crippen molar-refractivity contribution in [1.29, 1.82) is 0 Å². The Morgan fingerprint density at radius 3 is 2.05 bits per heavy atom. The van der Waals surface area contributed by atoms with Crippen LogP contribution in [0.5, 0.6) is 0 Å². The Balaban J connectivity index is 1.65. The maximum Gasteiger partial charge on any atom is 0.326 e. The van der Waals surface area contributed by atoms with Crippen LogP contribution in [0.3, 0.4) is 0 Å². The molecule has 0 aliphatic carbocycles. The summed E-state index contributed by atoms with van der Waals surface area (Å²) >= 11 is 0. The van der Waals surface area contributed by atoms with Crippen molar-refractivity contribution in [2.45, 2.75) is 49.9 Å². The molecular weight excluding hydrogens is 534 g/mol. The van der Waals surface area contributed by atoms with Gasteiger partial charge in [-0.15, -0.1) is 0 Å². The van der Waals surface area contributed by atoms with Crippen molar-refractivity contribution in [3.63, 3.8) is 0 Å². The number of aliphatic carboxylic acids is 2. The van der Waals surface area contributed by atoms with E-state index < -0.39 is 66.9 Å². The molecule has 13 nitrogen and oxygen atoms in total. The van der Waals surface area contributed by atoms with Gasteiger partial charge in [-0.2, -0.15) is 0 Å². The highest BCUT2D eigenvalue weighted by molar-refractivity contribution is 5.94. The fourth-order valence-electron chi connectivity index (χ4n) is 4.23. The van der Waals surface area contributed by atoms with Crippen LogP contribution >= 0.6 is 0 Å². The van der Waals surface area contributed by atoms with Gasteiger partial charge >= 0.3 is 11.9 Å². The number of nitrogens with two attached hydrogens (primary N) is 1. The van der Waals surface area contributed by atoms with Crippen molar-refractivity contribution >= 4 is 40.6 Å². The lowest BCUT2D eigenvalue weighted by Crippen LogP contribution is -2.58. The molecule has 1 heterocycles. The van der Waals surface area contributed by atoms with Crippen LogP contribution in [-0.2, 0) is 36.8 Å². The Kier molecular flexibility index (Phi) is 11.0. The molecule has 0 aliphatic rings. The zero-order valence-corrected chi connectivity index (χ0v) is 22.1. The fraction of sp³-hybridized carbons (Fsp3) is 0.321. The minimum atomic E-state index is -1.57. The number of aromatic nitrogens is 1. The number of carboxylic acids is 2. The van der Waals surface area contributed by atoms with Crippen LogP contribution in [0.15, 0.2) is 60.8 Å². The molecule has 4 unspecified atom stereocenters. The Labute approximate surface area is 235 Å². The smallest absolute Gasteiger partial charge is 0.326 e. The largest absolute Gasteiger partial charge is 0.481 e. The van der Waals surface area contributed by atoms with Crippen molar-refractivity contribution in [1.82, 2.24) is 20.9 Å². The second-order valence-electron chi connectivity index (χ2n) is 9.50. The number of aliphatic hydroxyl groups excluding tert-OH is 1. The molecule has 2 aromatic carbocycles. The summed E-state index contributed by atoms with van der Waals surface area (Å²) in [6.07, 6.45) is 1.00. The number of benzene rings is 2. The number of fused-ring (bicyclic) bond motifs is 1. The number of carboxylic acid groups (broad SMARTS) is 2. The van der Waals surface area contributed by atoms with Crippen LogP contribution in [-0.4, -0.2) is 80.7 Å². The minimum Gasteiger partial charge on any atom is -0.481 e. The Hall–Kier alpha value is -4.75. The molecule has 4 atom stereocenters. The van der Waals surface area contributed by atoms with Crippen molar-refractivity contribution in [2.24, 2.45) is 5.73 Å². The van der Waals surface area contributed by atoms with E-state index in [4.69, 9.17) is 10.8 Å². The zero-order chi connectivity index (χ0) is 29.9. The van der Waals surface area contributed by atoms with E-state index in [1.54, 1.807) is 36.5 Å². The zero-order valence-electron chi connectivity index (χ0n) is 22.1. The molecule has 13 heteroatoms. The second-order valence-corrected chi connectivity index (χ2v) is 9.50. The SMILES string of the molecule is NC(Cc1c[nH]c2ccccc12)C(=O)NC(CCC(=O)O)C(=O)NC(CO)C(=O)NC(Cc1ccccc1)C(=O)O. The van der Waals surface area contributed by atoms with Gasteiger partial charge in [-0.05, 0) is 30.0 Å². The maximum atomic E-state index is 13.0. The molecule has 3 aromatic rings. The lowest BCUT2D eigenvalue weighted by Gasteiger charge is -2.24. The summed E-state index contributed by atoms with van der Waals surface area (Å²) in [6, 6.07) is 10.6. The number of para-hydroxylation sites is 1. The first-order chi connectivity index (χ1) is 19.6. The van der Waals surface area contributed by atoms with Crippen LogP contribution in [0.2, 0.25) is 0 Å². The lowest BCUT2D eigenvalue weighted by molar-refractivity contribution is -0.142. The first-order valence-corrected chi connectivity index (χ1v) is 12.9. The Morgan fingerprint density at radius 1 is 0.780 bits per heavy atom. The number of H-pyrrole nitrogens is 1. The molecule has 3 rings (SSSR count). The number of rotatable bonds is 15. The van der Waals surface area contributed by atoms with Gasteiger partial charge in [-0.25, -0.2) is 4.79 Å². The van der Waals surface area contributed by atoms with E-state index in [0.29, 0.717) is 5.56 Å². The third-order valence-corrected chi connectivity index (χ3v) is 6.44. The number of nitrogens with one attached hydrogen (secondary N) is 4. The summed E-state index contributed by atoms with van der Waals surface area (Å²) in [5.41, 5.74) is 8.37. The van der Waals surface area contributed by atoms with E-state index >= 15 is 0 Å². The molecule has 218 valence electrons. The van der Waals surface area contributed by atoms with E-state index in [1.807, 2.05) is 24.3 Å². The number of amides is 3. The van der Waals surface area contributed by atoms with Gasteiger partial charge in [0.25, 0.3) is 0 Å². The molecule has 0 aliphatic heterocycles. The number of carbonyl (C=O) groups excluding carboxylic acids is 3. The van der Waals surface area contributed by atoms with Crippen LogP contribution < -0.4 is 21.7 Å². The van der Waals surface area contributed by atoms with Crippen molar-refractivity contribution < 1.29 is 39.3 Å². The monoisotopic (exact) mass is 567 g/mol. The fourth-order valence-corrected chi connectivity index (χ4v) is 4.23. The van der Waals surface area contributed by atoms with Crippen molar-refractivity contribution in [3.8, 4) is 0 Å². The molecule has 1 aromatic heterocycles. The molecule has 3 amide bonds. The quantitative estimate of drug-likeness (QED) is 0.120. The summed E-state index contributed by atoms with van der Waals surface area (Å²) in [4.78, 5) is 64.6. The van der Waals surface area contributed by atoms with Crippen LogP contribution in [0.1, 0.15) is 24.0 Å². The molecule has 0 fully saturated rings. The van der Waals surface area contributed by atoms with Gasteiger partial charge in [0.1, 0.15) is 18.1 Å². The average molecular weight is 568 g/mol. The molecule has 0 bridgehead atoms. The normalized spacial score (nSPS) is 13.9. The highest BCUT2D eigenvalue weighted by Gasteiger charge is 2.30. The summed E-state index contributed by atoms with van der Waals surface area (Å²) in [5.74, 6) is -5.17. The van der Waals surface area contributed by atoms with E-state index in [0.717, 1.165) is 16.5 Å². The summed E-state index contributed by atoms with van der Waals surface area (Å²) in [6.45, 7) is -0.880. The van der Waals surface area contributed by atoms with Gasteiger partial charge in [-0.3, -0.25) is 19.2 Å². The number of hydrogen-bond acceptors (Lipinski definition) is 7. The molecule has 0 saturated carbocycles. The molecular formula is C28H33N5O8. The number of carbonyl (C=O) groups is 5. The van der Waals surface area contributed by atoms with Crippen LogP contribution in [0.4, 0.5) is 0 Å². The van der Waals surface area contributed by atoms with E-state index in [2.05, 4.69) is 20.9 Å². The topological polar surface area (TPSA) is 224 Å². The van der Waals surface area contributed by atoms with Gasteiger partial charge in [0.05, 0.1) is 12.6 Å². The molecule has 9 N–H and O–H groups in total. The summed E-state index contributed by atoms with van der Waals surface area (Å²) in [7, 11) is 0. The van der Waals surface area contributed by atoms with Gasteiger partial charge in [0.15, 0.2) is 0 Å². The first-order valence-electron chi connectivity index (χ1n) is 12.9. The lowest BCUT2D eigenvalue weighted by atomic mass is 10.0. The van der Waals surface area contributed by atoms with E-state index in [1.165, 1.54) is 0 Å². The van der Waals surface area contributed by atoms with E-state index in [9.17, 15) is 34.2 Å². The van der Waals surface area contributed by atoms with Crippen molar-refractivity contribution in [3.05, 3.63) is 71.9 Å². The minimum absolute atomic E-state index is 0.0420. The molecule has 41 heavy (non-hydrogen) atoms. The van der Waals surface area contributed by atoms with Gasteiger partial charge in [-0.1, -0.05) is 48.5 Å². The summed E-state index contributed by atoms with van der Waals surface area (Å²) < 4.78 is 0. The van der Waals surface area contributed by atoms with E-state index in [-0.39, 0.29) is 19.3 Å². The standard InChI is InChI=1S/C28H33N5O8/c29-19(13-17-14-30-20-9-5-4-8-18(17)20)25(37)31-21(10-11-24(35)36)26(38)33-23(15-34)27(39)32-22(28(40)41)12-16-6-2-1-3-7-16/h1-9,14,19,21-23,30,34H,10-13,15,29H2,(H,31,37)(H,32,39)(H,33,38)(H,35,36)(H,40,41).